The molecule has 2 heterocycles. The topological polar surface area (TPSA) is 91.8 Å². The van der Waals surface area contributed by atoms with Crippen molar-refractivity contribution < 1.29 is 23.2 Å². The van der Waals surface area contributed by atoms with E-state index in [9.17, 15) is 9.59 Å². The summed E-state index contributed by atoms with van der Waals surface area (Å²) >= 11 is 3.39. The SMILES string of the molecule is COc1cc(CCC(=O)Oc2ccc3c(=O)c(-c4ccc(Br)cc4)c(C)oc3c2)on1. The quantitative estimate of drug-likeness (QED) is 0.279. The third-order valence-corrected chi connectivity index (χ3v) is 5.26. The molecular weight excluding hydrogens is 466 g/mol. The third kappa shape index (κ3) is 4.54. The van der Waals surface area contributed by atoms with Gasteiger partial charge in [0.2, 0.25) is 5.43 Å². The zero-order chi connectivity index (χ0) is 22.0. The van der Waals surface area contributed by atoms with Crippen LogP contribution in [0.2, 0.25) is 0 Å². The minimum Gasteiger partial charge on any atom is -0.479 e. The van der Waals surface area contributed by atoms with Crippen molar-refractivity contribution in [3.8, 4) is 22.8 Å². The summed E-state index contributed by atoms with van der Waals surface area (Å²) < 4.78 is 22.2. The number of benzene rings is 2. The molecule has 0 unspecified atom stereocenters. The van der Waals surface area contributed by atoms with Gasteiger partial charge in [-0.2, -0.15) is 0 Å². The van der Waals surface area contributed by atoms with Crippen LogP contribution < -0.4 is 14.9 Å². The van der Waals surface area contributed by atoms with Gasteiger partial charge >= 0.3 is 5.97 Å². The van der Waals surface area contributed by atoms with Crippen LogP contribution in [0.3, 0.4) is 0 Å². The molecule has 0 spiro atoms. The maximum absolute atomic E-state index is 13.0. The summed E-state index contributed by atoms with van der Waals surface area (Å²) in [7, 11) is 1.48. The molecule has 158 valence electrons. The minimum atomic E-state index is -0.444. The lowest BCUT2D eigenvalue weighted by atomic mass is 10.0. The number of aryl methyl sites for hydroxylation is 2. The number of halogens is 1. The van der Waals surface area contributed by atoms with E-state index in [4.69, 9.17) is 18.4 Å². The fraction of sp³-hybridized carbons (Fsp3) is 0.174. The van der Waals surface area contributed by atoms with Crippen LogP contribution in [-0.2, 0) is 11.2 Å². The number of hydrogen-bond donors (Lipinski definition) is 0. The maximum Gasteiger partial charge on any atom is 0.311 e. The molecule has 7 nitrogen and oxygen atoms in total. The molecule has 31 heavy (non-hydrogen) atoms. The van der Waals surface area contributed by atoms with Gasteiger partial charge in [0.15, 0.2) is 0 Å². The summed E-state index contributed by atoms with van der Waals surface area (Å²) in [5.74, 6) is 1.22. The summed E-state index contributed by atoms with van der Waals surface area (Å²) in [4.78, 5) is 25.2. The predicted octanol–water partition coefficient (Wildman–Crippen LogP) is 5.07. The van der Waals surface area contributed by atoms with Crippen LogP contribution in [0.1, 0.15) is 17.9 Å². The summed E-state index contributed by atoms with van der Waals surface area (Å²) in [5, 5.41) is 4.10. The third-order valence-electron chi connectivity index (χ3n) is 4.73. The highest BCUT2D eigenvalue weighted by molar-refractivity contribution is 9.10. The largest absolute Gasteiger partial charge is 0.479 e. The van der Waals surface area contributed by atoms with Crippen LogP contribution in [0.4, 0.5) is 0 Å². The number of methoxy groups -OCH3 is 1. The molecule has 0 fully saturated rings. The monoisotopic (exact) mass is 483 g/mol. The first-order chi connectivity index (χ1) is 14.9. The first kappa shape index (κ1) is 20.9. The fourth-order valence-electron chi connectivity index (χ4n) is 3.22. The number of rotatable bonds is 6. The van der Waals surface area contributed by atoms with Gasteiger partial charge in [0.05, 0.1) is 24.5 Å². The second-order valence-electron chi connectivity index (χ2n) is 6.84. The molecule has 8 heteroatoms. The minimum absolute atomic E-state index is 0.0991. The van der Waals surface area contributed by atoms with Crippen LogP contribution in [0.5, 0.6) is 11.6 Å². The highest BCUT2D eigenvalue weighted by Gasteiger charge is 2.15. The fourth-order valence-corrected chi connectivity index (χ4v) is 3.48. The van der Waals surface area contributed by atoms with E-state index in [0.29, 0.717) is 46.1 Å². The summed E-state index contributed by atoms with van der Waals surface area (Å²) in [6.45, 7) is 1.74. The smallest absolute Gasteiger partial charge is 0.311 e. The Morgan fingerprint density at radius 2 is 1.90 bits per heavy atom. The number of aromatic nitrogens is 1. The van der Waals surface area contributed by atoms with E-state index >= 15 is 0 Å². The molecule has 0 aliphatic carbocycles. The Balaban J connectivity index is 1.54. The predicted molar refractivity (Wildman–Crippen MR) is 117 cm³/mol. The Hall–Kier alpha value is -3.39. The molecule has 2 aromatic carbocycles. The van der Waals surface area contributed by atoms with E-state index in [-0.39, 0.29) is 11.8 Å². The zero-order valence-electron chi connectivity index (χ0n) is 16.8. The second kappa shape index (κ2) is 8.77. The van der Waals surface area contributed by atoms with Crippen LogP contribution in [0.15, 0.2) is 66.7 Å². The standard InChI is InChI=1S/C23H18BrNO6/c1-13-22(14-3-5-15(24)6-4-14)23(27)18-9-7-16(11-19(18)29-13)30-21(26)10-8-17-12-20(28-2)25-31-17/h3-7,9,11-12H,8,10H2,1-2H3. The molecule has 0 atom stereocenters. The van der Waals surface area contributed by atoms with E-state index in [0.717, 1.165) is 10.0 Å². The van der Waals surface area contributed by atoms with E-state index in [1.54, 1.807) is 31.2 Å². The summed E-state index contributed by atoms with van der Waals surface area (Å²) in [6, 6.07) is 13.8. The highest BCUT2D eigenvalue weighted by atomic mass is 79.9. The Morgan fingerprint density at radius 1 is 1.13 bits per heavy atom. The van der Waals surface area contributed by atoms with Gasteiger partial charge < -0.3 is 18.4 Å². The Morgan fingerprint density at radius 3 is 2.61 bits per heavy atom. The van der Waals surface area contributed by atoms with E-state index < -0.39 is 5.97 Å². The number of nitrogens with zero attached hydrogens (tertiary/aromatic N) is 1. The molecule has 4 aromatic rings. The van der Waals surface area contributed by atoms with Gasteiger partial charge in [0.25, 0.3) is 5.88 Å². The number of carbonyl (C=O) groups is 1. The first-order valence-electron chi connectivity index (χ1n) is 9.48. The summed E-state index contributed by atoms with van der Waals surface area (Å²) in [6.07, 6.45) is 0.426. The zero-order valence-corrected chi connectivity index (χ0v) is 18.4. The number of hydrogen-bond acceptors (Lipinski definition) is 7. The van der Waals surface area contributed by atoms with Gasteiger partial charge in [-0.3, -0.25) is 9.59 Å². The number of esters is 1. The molecule has 0 saturated carbocycles. The lowest BCUT2D eigenvalue weighted by Crippen LogP contribution is -2.10. The molecule has 0 saturated heterocycles. The van der Waals surface area contributed by atoms with Gasteiger partial charge in [-0.25, -0.2) is 0 Å². The molecule has 0 bridgehead atoms. The molecule has 0 radical (unpaired) electrons. The molecule has 4 rings (SSSR count). The molecule has 0 N–H and O–H groups in total. The second-order valence-corrected chi connectivity index (χ2v) is 7.75. The Bertz CT molecular complexity index is 1310. The molecule has 0 aliphatic heterocycles. The van der Waals surface area contributed by atoms with E-state index in [2.05, 4.69) is 21.1 Å². The van der Waals surface area contributed by atoms with Crippen molar-refractivity contribution in [3.63, 3.8) is 0 Å². The van der Waals surface area contributed by atoms with Crippen molar-refractivity contribution in [1.29, 1.82) is 0 Å². The van der Waals surface area contributed by atoms with Gasteiger partial charge in [-0.1, -0.05) is 28.1 Å². The van der Waals surface area contributed by atoms with Gasteiger partial charge in [0, 0.05) is 23.0 Å². The first-order valence-corrected chi connectivity index (χ1v) is 10.3. The van der Waals surface area contributed by atoms with Gasteiger partial charge in [0.1, 0.15) is 22.9 Å². The van der Waals surface area contributed by atoms with Crippen molar-refractivity contribution in [2.75, 3.05) is 7.11 Å². The molecule has 2 aromatic heterocycles. The van der Waals surface area contributed by atoms with E-state index in [1.165, 1.54) is 7.11 Å². The lowest BCUT2D eigenvalue weighted by molar-refractivity contribution is -0.134. The Labute approximate surface area is 185 Å². The number of carbonyl (C=O) groups excluding carboxylic acids is 1. The Kier molecular flexibility index (Phi) is 5.90. The van der Waals surface area contributed by atoms with Crippen LogP contribution >= 0.6 is 15.9 Å². The van der Waals surface area contributed by atoms with Crippen molar-refractivity contribution in [3.05, 3.63) is 74.7 Å². The maximum atomic E-state index is 13.0. The normalized spacial score (nSPS) is 10.9. The molecular formula is C23H18BrNO6. The van der Waals surface area contributed by atoms with Crippen LogP contribution in [-0.4, -0.2) is 18.2 Å². The van der Waals surface area contributed by atoms with Crippen molar-refractivity contribution in [1.82, 2.24) is 5.16 Å². The molecule has 0 amide bonds. The van der Waals surface area contributed by atoms with E-state index in [1.807, 2.05) is 24.3 Å². The van der Waals surface area contributed by atoms with Crippen molar-refractivity contribution >= 4 is 32.9 Å². The van der Waals surface area contributed by atoms with Gasteiger partial charge in [-0.05, 0) is 41.9 Å². The van der Waals surface area contributed by atoms with Crippen molar-refractivity contribution in [2.24, 2.45) is 0 Å². The molecule has 0 aliphatic rings. The van der Waals surface area contributed by atoms with Crippen LogP contribution in [0, 0.1) is 6.92 Å². The average Bonchev–Trinajstić information content (AvgIpc) is 3.21. The number of fused-ring (bicyclic) bond motifs is 1. The number of ether oxygens (including phenoxy) is 2. The van der Waals surface area contributed by atoms with Gasteiger partial charge in [-0.15, -0.1) is 0 Å². The summed E-state index contributed by atoms with van der Waals surface area (Å²) in [5.41, 5.74) is 1.50. The van der Waals surface area contributed by atoms with Crippen molar-refractivity contribution in [2.45, 2.75) is 19.8 Å². The average molecular weight is 484 g/mol. The lowest BCUT2D eigenvalue weighted by Gasteiger charge is -2.09. The van der Waals surface area contributed by atoms with Crippen LogP contribution in [0.25, 0.3) is 22.1 Å². The highest BCUT2D eigenvalue weighted by Crippen LogP contribution is 2.27.